The number of rotatable bonds is 9. The molecule has 2 N–H and O–H groups in total. The number of nitrogens with one attached hydrogen (secondary N) is 2. The Morgan fingerprint density at radius 1 is 1.12 bits per heavy atom. The van der Waals surface area contributed by atoms with Crippen LogP contribution in [0.15, 0.2) is 72.1 Å². The van der Waals surface area contributed by atoms with E-state index >= 15 is 0 Å². The van der Waals surface area contributed by atoms with Crippen LogP contribution in [0, 0.1) is 0 Å². The van der Waals surface area contributed by atoms with Gasteiger partial charge in [0.15, 0.2) is 6.29 Å². The third-order valence-electron chi connectivity index (χ3n) is 5.91. The molecule has 2 aromatic carbocycles. The van der Waals surface area contributed by atoms with E-state index < -0.39 is 5.54 Å². The van der Waals surface area contributed by atoms with E-state index in [1.165, 1.54) is 0 Å². The predicted molar refractivity (Wildman–Crippen MR) is 130 cm³/mol. The van der Waals surface area contributed by atoms with E-state index in [9.17, 15) is 14.4 Å². The zero-order chi connectivity index (χ0) is 24.1. The molecule has 4 rings (SSSR count). The van der Waals surface area contributed by atoms with Gasteiger partial charge in [-0.3, -0.25) is 24.8 Å². The molecule has 34 heavy (non-hydrogen) atoms. The number of aromatic nitrogens is 1. The molecule has 0 bridgehead atoms. The van der Waals surface area contributed by atoms with Crippen LogP contribution in [0.25, 0.3) is 0 Å². The fourth-order valence-corrected chi connectivity index (χ4v) is 4.29. The molecule has 1 atom stereocenters. The first-order chi connectivity index (χ1) is 16.5. The number of fused-ring (bicyclic) bond motifs is 1. The highest BCUT2D eigenvalue weighted by molar-refractivity contribution is 6.12. The number of anilines is 2. The number of amides is 1. The van der Waals surface area contributed by atoms with E-state index in [2.05, 4.69) is 20.8 Å². The van der Waals surface area contributed by atoms with Gasteiger partial charge in [0.25, 0.3) is 5.91 Å². The van der Waals surface area contributed by atoms with Gasteiger partial charge in [-0.15, -0.1) is 0 Å². The largest absolute Gasteiger partial charge is 0.313 e. The Hall–Kier alpha value is -4.17. The average molecular weight is 456 g/mol. The highest BCUT2D eigenvalue weighted by Gasteiger charge is 2.47. The monoisotopic (exact) mass is 455 g/mol. The Kier molecular flexibility index (Phi) is 6.60. The molecular formula is C26H25N5O3. The summed E-state index contributed by atoms with van der Waals surface area (Å²) in [5, 5.41) is 7.46. The Balaban J connectivity index is 1.71. The predicted octanol–water partition coefficient (Wildman–Crippen LogP) is 2.74. The van der Waals surface area contributed by atoms with Crippen molar-refractivity contribution in [2.75, 3.05) is 18.5 Å². The Morgan fingerprint density at radius 2 is 1.88 bits per heavy atom. The van der Waals surface area contributed by atoms with Gasteiger partial charge in [-0.25, -0.2) is 0 Å². The van der Waals surface area contributed by atoms with Gasteiger partial charge in [-0.05, 0) is 24.6 Å². The standard InChI is InChI=1S/C26H25N5O3/c1-26(29-11-12-32)22-9-5-6-10-24(22)31(25(26)34)20-13-18(15-28-16-20)14-23(30-27-2)21-8-4-3-7-19(21)17-33/h3-10,12-13,15-17,27,29H,11,14H2,1-2H3/b30-23-. The minimum Gasteiger partial charge on any atom is -0.313 e. The van der Waals surface area contributed by atoms with Gasteiger partial charge < -0.3 is 10.2 Å². The molecule has 0 aliphatic carbocycles. The maximum atomic E-state index is 13.6. The summed E-state index contributed by atoms with van der Waals surface area (Å²) in [5.41, 5.74) is 6.69. The maximum absolute atomic E-state index is 13.6. The van der Waals surface area contributed by atoms with Gasteiger partial charge in [0.2, 0.25) is 0 Å². The van der Waals surface area contributed by atoms with E-state index in [-0.39, 0.29) is 12.5 Å². The van der Waals surface area contributed by atoms with Gasteiger partial charge in [-0.2, -0.15) is 5.10 Å². The zero-order valence-electron chi connectivity index (χ0n) is 19.0. The van der Waals surface area contributed by atoms with Gasteiger partial charge in [0, 0.05) is 36.4 Å². The number of carbonyl (C=O) groups is 3. The second kappa shape index (κ2) is 9.76. The van der Waals surface area contributed by atoms with Crippen LogP contribution >= 0.6 is 0 Å². The first-order valence-electron chi connectivity index (χ1n) is 10.9. The molecule has 3 aromatic rings. The van der Waals surface area contributed by atoms with Crippen LogP contribution in [0.3, 0.4) is 0 Å². The van der Waals surface area contributed by atoms with Crippen LogP contribution < -0.4 is 15.6 Å². The maximum Gasteiger partial charge on any atom is 0.256 e. The van der Waals surface area contributed by atoms with E-state index in [1.807, 2.05) is 42.5 Å². The van der Waals surface area contributed by atoms with Crippen molar-refractivity contribution < 1.29 is 14.4 Å². The lowest BCUT2D eigenvalue weighted by Gasteiger charge is -2.25. The lowest BCUT2D eigenvalue weighted by Crippen LogP contribution is -2.48. The van der Waals surface area contributed by atoms with Crippen molar-refractivity contribution in [3.63, 3.8) is 0 Å². The van der Waals surface area contributed by atoms with Crippen molar-refractivity contribution in [2.45, 2.75) is 18.9 Å². The fraction of sp³-hybridized carbons (Fsp3) is 0.192. The summed E-state index contributed by atoms with van der Waals surface area (Å²) < 4.78 is 0. The highest BCUT2D eigenvalue weighted by Crippen LogP contribution is 2.43. The van der Waals surface area contributed by atoms with Crippen LogP contribution in [0.4, 0.5) is 11.4 Å². The molecule has 1 aliphatic rings. The van der Waals surface area contributed by atoms with Gasteiger partial charge in [0.05, 0.1) is 29.8 Å². The molecule has 8 nitrogen and oxygen atoms in total. The van der Waals surface area contributed by atoms with Gasteiger partial charge in [0.1, 0.15) is 11.8 Å². The average Bonchev–Trinajstić information content (AvgIpc) is 3.09. The number of aldehydes is 2. The first kappa shape index (κ1) is 23.0. The zero-order valence-corrected chi connectivity index (χ0v) is 19.0. The molecule has 2 heterocycles. The molecular weight excluding hydrogens is 430 g/mol. The first-order valence-corrected chi connectivity index (χ1v) is 10.9. The van der Waals surface area contributed by atoms with E-state index in [4.69, 9.17) is 0 Å². The number of carbonyl (C=O) groups excluding carboxylic acids is 3. The topological polar surface area (TPSA) is 104 Å². The molecule has 1 unspecified atom stereocenters. The number of para-hydroxylation sites is 1. The Labute approximate surface area is 197 Å². The summed E-state index contributed by atoms with van der Waals surface area (Å²) in [5.74, 6) is -0.190. The van der Waals surface area contributed by atoms with Crippen molar-refractivity contribution in [2.24, 2.45) is 5.10 Å². The number of hydrogen-bond donors (Lipinski definition) is 2. The van der Waals surface area contributed by atoms with Crippen LogP contribution in [-0.2, 0) is 21.5 Å². The van der Waals surface area contributed by atoms with Crippen LogP contribution in [-0.4, -0.2) is 42.8 Å². The van der Waals surface area contributed by atoms with Crippen molar-refractivity contribution >= 4 is 35.6 Å². The third-order valence-corrected chi connectivity index (χ3v) is 5.91. The normalized spacial score (nSPS) is 17.4. The summed E-state index contributed by atoms with van der Waals surface area (Å²) in [6, 6.07) is 16.6. The fourth-order valence-electron chi connectivity index (χ4n) is 4.29. The highest BCUT2D eigenvalue weighted by atomic mass is 16.2. The SMILES string of the molecule is CN/N=C(/Cc1cncc(N2C(=O)C(C)(NCC=O)c3ccccc32)c1)c1ccccc1C=O. The van der Waals surface area contributed by atoms with Gasteiger partial charge in [-0.1, -0.05) is 42.5 Å². The number of benzene rings is 2. The van der Waals surface area contributed by atoms with Gasteiger partial charge >= 0.3 is 0 Å². The summed E-state index contributed by atoms with van der Waals surface area (Å²) in [6.07, 6.45) is 5.30. The minimum absolute atomic E-state index is 0.0582. The van der Waals surface area contributed by atoms with Crippen LogP contribution in [0.2, 0.25) is 0 Å². The molecule has 0 radical (unpaired) electrons. The minimum atomic E-state index is -1.03. The van der Waals surface area contributed by atoms with E-state index in [0.717, 1.165) is 35.0 Å². The van der Waals surface area contributed by atoms with Crippen molar-refractivity contribution in [1.82, 2.24) is 15.7 Å². The molecule has 0 saturated carbocycles. The summed E-state index contributed by atoms with van der Waals surface area (Å²) in [4.78, 5) is 42.1. The lowest BCUT2D eigenvalue weighted by molar-refractivity contribution is -0.123. The number of nitrogens with zero attached hydrogens (tertiary/aromatic N) is 3. The van der Waals surface area contributed by atoms with Crippen molar-refractivity contribution in [3.05, 3.63) is 89.2 Å². The van der Waals surface area contributed by atoms with Crippen molar-refractivity contribution in [3.8, 4) is 0 Å². The Bertz CT molecular complexity index is 1270. The Morgan fingerprint density at radius 3 is 2.65 bits per heavy atom. The molecule has 8 heteroatoms. The van der Waals surface area contributed by atoms with Crippen LogP contribution in [0.1, 0.15) is 34.0 Å². The third kappa shape index (κ3) is 4.11. The summed E-state index contributed by atoms with van der Waals surface area (Å²) in [6.45, 7) is 1.84. The summed E-state index contributed by atoms with van der Waals surface area (Å²) in [7, 11) is 1.70. The molecule has 172 valence electrons. The molecule has 1 amide bonds. The molecule has 0 saturated heterocycles. The molecule has 0 spiro atoms. The smallest absolute Gasteiger partial charge is 0.256 e. The van der Waals surface area contributed by atoms with Crippen LogP contribution in [0.5, 0.6) is 0 Å². The summed E-state index contributed by atoms with van der Waals surface area (Å²) >= 11 is 0. The number of hydrogen-bond acceptors (Lipinski definition) is 7. The van der Waals surface area contributed by atoms with E-state index in [0.29, 0.717) is 23.4 Å². The second-order valence-corrected chi connectivity index (χ2v) is 8.05. The number of pyridine rings is 1. The molecule has 1 aliphatic heterocycles. The number of hydrazone groups is 1. The molecule has 1 aromatic heterocycles. The second-order valence-electron chi connectivity index (χ2n) is 8.05. The quantitative estimate of drug-likeness (QED) is 0.292. The van der Waals surface area contributed by atoms with E-state index in [1.54, 1.807) is 43.4 Å². The molecule has 0 fully saturated rings. The van der Waals surface area contributed by atoms with Crippen molar-refractivity contribution in [1.29, 1.82) is 0 Å². The lowest BCUT2D eigenvalue weighted by atomic mass is 9.93.